The minimum Gasteiger partial charge on any atom is -0.494 e. The van der Waals surface area contributed by atoms with E-state index in [1.165, 1.54) is 16.2 Å². The highest BCUT2D eigenvalue weighted by atomic mass is 32.1. The summed E-state index contributed by atoms with van der Waals surface area (Å²) in [6.07, 6.45) is 1.49. The number of fused-ring (bicyclic) bond motifs is 2. The van der Waals surface area contributed by atoms with Gasteiger partial charge in [0.25, 0.3) is 0 Å². The number of imide groups is 1. The molecule has 2 heterocycles. The molecular formula is C25H31N3O4S. The van der Waals surface area contributed by atoms with Gasteiger partial charge in [-0.25, -0.2) is 4.98 Å². The SMILES string of the molecule is CCOc1ccc(-c2nc(NC(=O)CCN3C(=O)C4CCC(C)(C3=O)C4(C)C)sc2C)cc1. The number of ether oxygens (including phenoxy) is 1. The quantitative estimate of drug-likeness (QED) is 0.596. The van der Waals surface area contributed by atoms with Gasteiger partial charge < -0.3 is 10.1 Å². The molecule has 1 aliphatic carbocycles. The Labute approximate surface area is 198 Å². The Bertz CT molecular complexity index is 1090. The van der Waals surface area contributed by atoms with Gasteiger partial charge in [-0.3, -0.25) is 19.3 Å². The van der Waals surface area contributed by atoms with E-state index < -0.39 is 5.41 Å². The van der Waals surface area contributed by atoms with Gasteiger partial charge in [0.2, 0.25) is 17.7 Å². The molecule has 2 fully saturated rings. The zero-order valence-electron chi connectivity index (χ0n) is 19.9. The molecule has 1 aromatic heterocycles. The molecular weight excluding hydrogens is 438 g/mol. The Morgan fingerprint density at radius 1 is 1.24 bits per heavy atom. The van der Waals surface area contributed by atoms with Gasteiger partial charge in [0, 0.05) is 29.3 Å². The molecule has 1 saturated carbocycles. The summed E-state index contributed by atoms with van der Waals surface area (Å²) in [4.78, 5) is 45.6. The van der Waals surface area contributed by atoms with E-state index in [2.05, 4.69) is 10.3 Å². The predicted octanol–water partition coefficient (Wildman–Crippen LogP) is 4.66. The van der Waals surface area contributed by atoms with Crippen LogP contribution in [0.5, 0.6) is 5.75 Å². The first-order valence-electron chi connectivity index (χ1n) is 11.4. The molecule has 2 unspecified atom stereocenters. The smallest absolute Gasteiger partial charge is 0.235 e. The largest absolute Gasteiger partial charge is 0.494 e. The number of benzene rings is 1. The molecule has 0 spiro atoms. The Morgan fingerprint density at radius 2 is 1.94 bits per heavy atom. The molecule has 4 rings (SSSR count). The zero-order valence-corrected chi connectivity index (χ0v) is 20.7. The maximum absolute atomic E-state index is 13.1. The van der Waals surface area contributed by atoms with Crippen LogP contribution in [0.4, 0.5) is 5.13 Å². The first kappa shape index (κ1) is 23.4. The summed E-state index contributed by atoms with van der Waals surface area (Å²) < 4.78 is 5.48. The van der Waals surface area contributed by atoms with Crippen molar-refractivity contribution >= 4 is 34.2 Å². The minimum absolute atomic E-state index is 0.0533. The average molecular weight is 470 g/mol. The molecule has 8 heteroatoms. The van der Waals surface area contributed by atoms with Crippen LogP contribution in [0.2, 0.25) is 0 Å². The van der Waals surface area contributed by atoms with E-state index in [1.54, 1.807) is 0 Å². The number of carbonyl (C=O) groups is 3. The van der Waals surface area contributed by atoms with Crippen molar-refractivity contribution in [2.45, 2.75) is 53.9 Å². The number of carbonyl (C=O) groups excluding carboxylic acids is 3. The lowest BCUT2D eigenvalue weighted by molar-refractivity contribution is -0.167. The van der Waals surface area contributed by atoms with Crippen LogP contribution in [0.1, 0.15) is 51.8 Å². The van der Waals surface area contributed by atoms with Gasteiger partial charge in [-0.1, -0.05) is 20.8 Å². The summed E-state index contributed by atoms with van der Waals surface area (Å²) >= 11 is 1.40. The highest BCUT2D eigenvalue weighted by molar-refractivity contribution is 7.16. The normalized spacial score (nSPS) is 23.7. The van der Waals surface area contributed by atoms with E-state index in [0.29, 0.717) is 18.2 Å². The molecule has 0 radical (unpaired) electrons. The number of anilines is 1. The van der Waals surface area contributed by atoms with Crippen LogP contribution >= 0.6 is 11.3 Å². The summed E-state index contributed by atoms with van der Waals surface area (Å²) in [5, 5.41) is 3.34. The predicted molar refractivity (Wildman–Crippen MR) is 128 cm³/mol. The van der Waals surface area contributed by atoms with Crippen molar-refractivity contribution in [3.8, 4) is 17.0 Å². The second-order valence-corrected chi connectivity index (χ2v) is 10.8. The van der Waals surface area contributed by atoms with Crippen LogP contribution in [0.3, 0.4) is 0 Å². The number of likely N-dealkylation sites (tertiary alicyclic amines) is 1. The third-order valence-electron chi connectivity index (χ3n) is 7.55. The molecule has 7 nitrogen and oxygen atoms in total. The van der Waals surface area contributed by atoms with Crippen molar-refractivity contribution in [2.75, 3.05) is 18.5 Å². The van der Waals surface area contributed by atoms with E-state index in [-0.39, 0.29) is 42.0 Å². The second-order valence-electron chi connectivity index (χ2n) is 9.62. The number of nitrogens with one attached hydrogen (secondary N) is 1. The molecule has 2 aromatic rings. The van der Waals surface area contributed by atoms with E-state index in [4.69, 9.17) is 4.74 Å². The van der Waals surface area contributed by atoms with Crippen LogP contribution in [0.25, 0.3) is 11.3 Å². The van der Waals surface area contributed by atoms with E-state index in [1.807, 2.05) is 58.9 Å². The number of amides is 3. The standard InChI is InChI=1S/C25H31N3O4S/c1-6-32-17-9-7-16(8-10-17)20-15(2)33-23(27-20)26-19(29)12-14-28-21(30)18-11-13-25(5,22(28)31)24(18,3)4/h7-10,18H,6,11-14H2,1-5H3,(H,26,27,29). The summed E-state index contributed by atoms with van der Waals surface area (Å²) in [6.45, 7) is 10.6. The van der Waals surface area contributed by atoms with E-state index in [9.17, 15) is 14.4 Å². The van der Waals surface area contributed by atoms with Crippen molar-refractivity contribution in [3.63, 3.8) is 0 Å². The number of thiazole rings is 1. The first-order chi connectivity index (χ1) is 15.6. The average Bonchev–Trinajstić information content (AvgIpc) is 3.21. The zero-order chi connectivity index (χ0) is 24.0. The van der Waals surface area contributed by atoms with E-state index in [0.717, 1.165) is 28.3 Å². The second kappa shape index (κ2) is 8.56. The number of piperidine rings is 1. The van der Waals surface area contributed by atoms with Gasteiger partial charge in [0.1, 0.15) is 5.75 Å². The fraction of sp³-hybridized carbons (Fsp3) is 0.520. The molecule has 2 atom stereocenters. The third kappa shape index (κ3) is 3.94. The Kier molecular flexibility index (Phi) is 6.07. The maximum atomic E-state index is 13.1. The molecule has 1 saturated heterocycles. The number of rotatable bonds is 7. The maximum Gasteiger partial charge on any atom is 0.235 e. The molecule has 1 N–H and O–H groups in total. The topological polar surface area (TPSA) is 88.6 Å². The van der Waals surface area contributed by atoms with Crippen LogP contribution < -0.4 is 10.1 Å². The molecule has 1 aliphatic heterocycles. The first-order valence-corrected chi connectivity index (χ1v) is 12.3. The van der Waals surface area contributed by atoms with E-state index >= 15 is 0 Å². The number of nitrogens with zero attached hydrogens (tertiary/aromatic N) is 2. The van der Waals surface area contributed by atoms with Gasteiger partial charge in [0.15, 0.2) is 5.13 Å². The van der Waals surface area contributed by atoms with Gasteiger partial charge in [-0.05, 0) is 56.4 Å². The lowest BCUT2D eigenvalue weighted by atomic mass is 9.62. The molecule has 1 aromatic carbocycles. The highest BCUT2D eigenvalue weighted by Gasteiger charge is 2.64. The highest BCUT2D eigenvalue weighted by Crippen LogP contribution is 2.60. The van der Waals surface area contributed by atoms with Crippen molar-refractivity contribution in [3.05, 3.63) is 29.1 Å². The summed E-state index contributed by atoms with van der Waals surface area (Å²) in [6, 6.07) is 7.69. The van der Waals surface area contributed by atoms with Gasteiger partial charge in [-0.2, -0.15) is 0 Å². The van der Waals surface area contributed by atoms with Gasteiger partial charge in [0.05, 0.1) is 17.7 Å². The molecule has 33 heavy (non-hydrogen) atoms. The van der Waals surface area contributed by atoms with Gasteiger partial charge >= 0.3 is 0 Å². The molecule has 2 aliphatic rings. The number of hydrogen-bond acceptors (Lipinski definition) is 6. The summed E-state index contributed by atoms with van der Waals surface area (Å²) in [7, 11) is 0. The van der Waals surface area contributed by atoms with Crippen LogP contribution in [0, 0.1) is 23.7 Å². The van der Waals surface area contributed by atoms with Crippen LogP contribution in [0.15, 0.2) is 24.3 Å². The Hall–Kier alpha value is -2.74. The van der Waals surface area contributed by atoms with Crippen molar-refractivity contribution < 1.29 is 19.1 Å². The fourth-order valence-electron chi connectivity index (χ4n) is 5.10. The molecule has 3 amide bonds. The Balaban J connectivity index is 1.39. The molecule has 2 bridgehead atoms. The molecule has 176 valence electrons. The minimum atomic E-state index is -0.554. The fourth-order valence-corrected chi connectivity index (χ4v) is 5.95. The summed E-state index contributed by atoms with van der Waals surface area (Å²) in [5.41, 5.74) is 0.853. The van der Waals surface area contributed by atoms with Crippen LogP contribution in [-0.2, 0) is 14.4 Å². The number of aryl methyl sites for hydroxylation is 1. The lowest BCUT2D eigenvalue weighted by Crippen LogP contribution is -2.59. The number of aromatic nitrogens is 1. The lowest BCUT2D eigenvalue weighted by Gasteiger charge is -2.47. The van der Waals surface area contributed by atoms with Crippen molar-refractivity contribution in [2.24, 2.45) is 16.7 Å². The monoisotopic (exact) mass is 469 g/mol. The van der Waals surface area contributed by atoms with Crippen LogP contribution in [-0.4, -0.2) is 40.8 Å². The van der Waals surface area contributed by atoms with Gasteiger partial charge in [-0.15, -0.1) is 11.3 Å². The van der Waals surface area contributed by atoms with Crippen molar-refractivity contribution in [1.82, 2.24) is 9.88 Å². The summed E-state index contributed by atoms with van der Waals surface area (Å²) in [5.74, 6) is 0.0826. The number of hydrogen-bond donors (Lipinski definition) is 1. The van der Waals surface area contributed by atoms with Crippen molar-refractivity contribution in [1.29, 1.82) is 0 Å². The third-order valence-corrected chi connectivity index (χ3v) is 8.44. The Morgan fingerprint density at radius 3 is 2.61 bits per heavy atom.